The van der Waals surface area contributed by atoms with Crippen molar-refractivity contribution in [3.05, 3.63) is 66.2 Å². The molecule has 3 heteroatoms. The molecule has 0 aliphatic heterocycles. The fourth-order valence-corrected chi connectivity index (χ4v) is 2.01. The Morgan fingerprint density at radius 1 is 1.05 bits per heavy atom. The predicted molar refractivity (Wildman–Crippen MR) is 79.6 cm³/mol. The van der Waals surface area contributed by atoms with E-state index in [2.05, 4.69) is 12.2 Å². The number of hydrogen-bond acceptors (Lipinski definition) is 2. The fraction of sp³-hybridized carbons (Fsp3) is 0.235. The minimum absolute atomic E-state index is 0.0306. The first-order valence-corrected chi connectivity index (χ1v) is 6.81. The van der Waals surface area contributed by atoms with E-state index < -0.39 is 0 Å². The van der Waals surface area contributed by atoms with E-state index >= 15 is 0 Å². The molecule has 0 saturated carbocycles. The van der Waals surface area contributed by atoms with Gasteiger partial charge in [0.15, 0.2) is 6.61 Å². The van der Waals surface area contributed by atoms with Crippen LogP contribution in [0.15, 0.2) is 60.7 Å². The lowest BCUT2D eigenvalue weighted by Gasteiger charge is -2.17. The minimum atomic E-state index is -0.107. The molecule has 0 radical (unpaired) electrons. The number of carbonyl (C=O) groups excluding carboxylic acids is 1. The van der Waals surface area contributed by atoms with E-state index in [0.29, 0.717) is 5.75 Å². The van der Waals surface area contributed by atoms with Crippen molar-refractivity contribution in [1.29, 1.82) is 0 Å². The van der Waals surface area contributed by atoms with Crippen LogP contribution in [0.25, 0.3) is 0 Å². The first kappa shape index (κ1) is 14.1. The molecule has 0 saturated heterocycles. The molecular weight excluding hydrogens is 250 g/mol. The number of nitrogens with one attached hydrogen (secondary N) is 1. The average Bonchev–Trinajstić information content (AvgIpc) is 2.52. The largest absolute Gasteiger partial charge is 0.484 e. The Hall–Kier alpha value is -2.29. The Bertz CT molecular complexity index is 525. The molecule has 2 aromatic rings. The van der Waals surface area contributed by atoms with Gasteiger partial charge < -0.3 is 10.1 Å². The minimum Gasteiger partial charge on any atom is -0.484 e. The molecule has 1 amide bonds. The van der Waals surface area contributed by atoms with Crippen molar-refractivity contribution in [1.82, 2.24) is 5.32 Å². The van der Waals surface area contributed by atoms with Crippen molar-refractivity contribution in [2.75, 3.05) is 6.61 Å². The second-order valence-corrected chi connectivity index (χ2v) is 4.54. The summed E-state index contributed by atoms with van der Waals surface area (Å²) in [5.41, 5.74) is 1.11. The molecule has 2 aromatic carbocycles. The van der Waals surface area contributed by atoms with E-state index in [9.17, 15) is 4.79 Å². The van der Waals surface area contributed by atoms with E-state index in [1.54, 1.807) is 0 Å². The second-order valence-electron chi connectivity index (χ2n) is 4.54. The molecular formula is C17H19NO2. The molecule has 0 fully saturated rings. The van der Waals surface area contributed by atoms with Gasteiger partial charge in [0, 0.05) is 0 Å². The molecule has 0 aromatic heterocycles. The van der Waals surface area contributed by atoms with E-state index in [1.165, 1.54) is 0 Å². The van der Waals surface area contributed by atoms with E-state index in [4.69, 9.17) is 4.74 Å². The third-order valence-electron chi connectivity index (χ3n) is 3.06. The molecule has 20 heavy (non-hydrogen) atoms. The van der Waals surface area contributed by atoms with Gasteiger partial charge in [0.1, 0.15) is 5.75 Å². The Labute approximate surface area is 119 Å². The number of benzene rings is 2. The highest BCUT2D eigenvalue weighted by molar-refractivity contribution is 5.78. The van der Waals surface area contributed by atoms with Crippen molar-refractivity contribution < 1.29 is 9.53 Å². The van der Waals surface area contributed by atoms with Crippen LogP contribution in [0.1, 0.15) is 24.9 Å². The van der Waals surface area contributed by atoms with Gasteiger partial charge in [-0.1, -0.05) is 55.5 Å². The van der Waals surface area contributed by atoms with Gasteiger partial charge in [-0.3, -0.25) is 4.79 Å². The maximum absolute atomic E-state index is 11.9. The molecule has 1 N–H and O–H groups in total. The predicted octanol–water partition coefficient (Wildman–Crippen LogP) is 3.33. The topological polar surface area (TPSA) is 38.3 Å². The summed E-state index contributed by atoms with van der Waals surface area (Å²) in [7, 11) is 0. The summed E-state index contributed by atoms with van der Waals surface area (Å²) in [6.45, 7) is 2.09. The number of para-hydroxylation sites is 1. The molecule has 0 aliphatic rings. The number of rotatable bonds is 6. The van der Waals surface area contributed by atoms with Crippen LogP contribution in [-0.2, 0) is 4.79 Å². The van der Waals surface area contributed by atoms with Gasteiger partial charge in [-0.25, -0.2) is 0 Å². The molecule has 0 spiro atoms. The number of amides is 1. The normalized spacial score (nSPS) is 11.7. The second kappa shape index (κ2) is 7.34. The summed E-state index contributed by atoms with van der Waals surface area (Å²) in [6, 6.07) is 19.3. The number of carbonyl (C=O) groups is 1. The number of ether oxygens (including phenoxy) is 1. The molecule has 104 valence electrons. The highest BCUT2D eigenvalue weighted by Gasteiger charge is 2.12. The van der Waals surface area contributed by atoms with Gasteiger partial charge in [-0.05, 0) is 24.1 Å². The highest BCUT2D eigenvalue weighted by atomic mass is 16.5. The third-order valence-corrected chi connectivity index (χ3v) is 3.06. The standard InChI is InChI=1S/C17H19NO2/c1-2-16(14-9-5-3-6-10-14)18-17(19)13-20-15-11-7-4-8-12-15/h3-12,16H,2,13H2,1H3,(H,18,19). The van der Waals surface area contributed by atoms with Crippen LogP contribution in [0, 0.1) is 0 Å². The van der Waals surface area contributed by atoms with E-state index in [-0.39, 0.29) is 18.6 Å². The van der Waals surface area contributed by atoms with Crippen molar-refractivity contribution in [2.45, 2.75) is 19.4 Å². The van der Waals surface area contributed by atoms with Crippen LogP contribution < -0.4 is 10.1 Å². The molecule has 1 atom stereocenters. The first-order valence-electron chi connectivity index (χ1n) is 6.81. The summed E-state index contributed by atoms with van der Waals surface area (Å²) < 4.78 is 5.44. The lowest BCUT2D eigenvalue weighted by Crippen LogP contribution is -2.32. The van der Waals surface area contributed by atoms with Gasteiger partial charge in [0.05, 0.1) is 6.04 Å². The average molecular weight is 269 g/mol. The summed E-state index contributed by atoms with van der Waals surface area (Å²) in [4.78, 5) is 11.9. The molecule has 1 unspecified atom stereocenters. The SMILES string of the molecule is CCC(NC(=O)COc1ccccc1)c1ccccc1. The van der Waals surface area contributed by atoms with E-state index in [0.717, 1.165) is 12.0 Å². The smallest absolute Gasteiger partial charge is 0.258 e. The lowest BCUT2D eigenvalue weighted by molar-refractivity contribution is -0.123. The maximum Gasteiger partial charge on any atom is 0.258 e. The number of hydrogen-bond donors (Lipinski definition) is 1. The quantitative estimate of drug-likeness (QED) is 0.873. The summed E-state index contributed by atoms with van der Waals surface area (Å²) in [5.74, 6) is 0.597. The fourth-order valence-electron chi connectivity index (χ4n) is 2.01. The zero-order valence-electron chi connectivity index (χ0n) is 11.6. The maximum atomic E-state index is 11.9. The Morgan fingerprint density at radius 3 is 2.25 bits per heavy atom. The van der Waals surface area contributed by atoms with Crippen LogP contribution in [0.5, 0.6) is 5.75 Å². The van der Waals surface area contributed by atoms with Crippen LogP contribution in [0.4, 0.5) is 0 Å². The van der Waals surface area contributed by atoms with Crippen LogP contribution >= 0.6 is 0 Å². The molecule has 0 aliphatic carbocycles. The van der Waals surface area contributed by atoms with E-state index in [1.807, 2.05) is 60.7 Å². The van der Waals surface area contributed by atoms with Crippen molar-refractivity contribution in [2.24, 2.45) is 0 Å². The zero-order chi connectivity index (χ0) is 14.2. The molecule has 0 heterocycles. The summed E-state index contributed by atoms with van der Waals surface area (Å²) in [5, 5.41) is 2.99. The van der Waals surface area contributed by atoms with Crippen molar-refractivity contribution in [3.63, 3.8) is 0 Å². The van der Waals surface area contributed by atoms with Gasteiger partial charge in [0.2, 0.25) is 0 Å². The van der Waals surface area contributed by atoms with Crippen LogP contribution in [0.2, 0.25) is 0 Å². The third kappa shape index (κ3) is 4.12. The summed E-state index contributed by atoms with van der Waals surface area (Å²) in [6.07, 6.45) is 0.848. The molecule has 3 nitrogen and oxygen atoms in total. The monoisotopic (exact) mass is 269 g/mol. The van der Waals surface area contributed by atoms with Gasteiger partial charge >= 0.3 is 0 Å². The Kier molecular flexibility index (Phi) is 5.18. The van der Waals surface area contributed by atoms with Crippen LogP contribution in [-0.4, -0.2) is 12.5 Å². The van der Waals surface area contributed by atoms with Gasteiger partial charge in [-0.15, -0.1) is 0 Å². The van der Waals surface area contributed by atoms with Gasteiger partial charge in [0.25, 0.3) is 5.91 Å². The highest BCUT2D eigenvalue weighted by Crippen LogP contribution is 2.15. The zero-order valence-corrected chi connectivity index (χ0v) is 11.6. The lowest BCUT2D eigenvalue weighted by atomic mass is 10.0. The first-order chi connectivity index (χ1) is 9.79. The summed E-state index contributed by atoms with van der Waals surface area (Å²) >= 11 is 0. The van der Waals surface area contributed by atoms with Crippen molar-refractivity contribution >= 4 is 5.91 Å². The van der Waals surface area contributed by atoms with Gasteiger partial charge in [-0.2, -0.15) is 0 Å². The molecule has 0 bridgehead atoms. The molecule has 2 rings (SSSR count). The van der Waals surface area contributed by atoms with Crippen LogP contribution in [0.3, 0.4) is 0 Å². The Balaban J connectivity index is 1.87. The van der Waals surface area contributed by atoms with Crippen molar-refractivity contribution in [3.8, 4) is 5.75 Å². The Morgan fingerprint density at radius 2 is 1.65 bits per heavy atom.